The van der Waals surface area contributed by atoms with Crippen LogP contribution in [0.4, 0.5) is 16.4 Å². The number of nitrogens with one attached hydrogen (secondary N) is 1. The van der Waals surface area contributed by atoms with E-state index in [0.29, 0.717) is 37.6 Å². The van der Waals surface area contributed by atoms with E-state index in [-0.39, 0.29) is 6.61 Å². The summed E-state index contributed by atoms with van der Waals surface area (Å²) in [5.41, 5.74) is 1.85. The highest BCUT2D eigenvalue weighted by Crippen LogP contribution is 2.35. The van der Waals surface area contributed by atoms with Crippen LogP contribution in [-0.4, -0.2) is 65.6 Å². The number of carbonyl (C=O) groups is 1. The van der Waals surface area contributed by atoms with E-state index in [1.165, 1.54) is 4.90 Å². The van der Waals surface area contributed by atoms with Crippen LogP contribution >= 0.6 is 0 Å². The SMILES string of the molecule is O=C(O)N1CCC(CO)(c2cc(-n3nc(Nc4cnccn4)c4ccccc43)ccn2)CC1. The fraction of sp³-hybridized carbons (Fsp3) is 0.261. The number of hydrogen-bond donors (Lipinski definition) is 3. The van der Waals surface area contributed by atoms with E-state index in [0.717, 1.165) is 22.3 Å². The van der Waals surface area contributed by atoms with Gasteiger partial charge in [-0.1, -0.05) is 12.1 Å². The van der Waals surface area contributed by atoms with Crippen molar-refractivity contribution in [1.82, 2.24) is 29.6 Å². The number of amides is 1. The predicted octanol–water partition coefficient (Wildman–Crippen LogP) is 2.96. The molecule has 0 radical (unpaired) electrons. The Morgan fingerprint density at radius 2 is 1.91 bits per heavy atom. The normalized spacial score (nSPS) is 15.5. The number of aromatic nitrogens is 5. The van der Waals surface area contributed by atoms with Gasteiger partial charge in [0, 0.05) is 42.5 Å². The Bertz CT molecular complexity index is 1280. The van der Waals surface area contributed by atoms with Crippen LogP contribution in [0.3, 0.4) is 0 Å². The molecule has 3 aromatic heterocycles. The van der Waals surface area contributed by atoms with Crippen molar-refractivity contribution in [2.24, 2.45) is 0 Å². The van der Waals surface area contributed by atoms with Crippen molar-refractivity contribution in [2.75, 3.05) is 25.0 Å². The second-order valence-electron chi connectivity index (χ2n) is 8.10. The second-order valence-corrected chi connectivity index (χ2v) is 8.10. The lowest BCUT2D eigenvalue weighted by Crippen LogP contribution is -2.46. The molecule has 1 fully saturated rings. The van der Waals surface area contributed by atoms with Gasteiger partial charge in [-0.05, 0) is 37.1 Å². The van der Waals surface area contributed by atoms with Crippen molar-refractivity contribution in [3.8, 4) is 5.69 Å². The summed E-state index contributed by atoms with van der Waals surface area (Å²) in [6.07, 6.45) is 6.63. The summed E-state index contributed by atoms with van der Waals surface area (Å²) in [5.74, 6) is 1.24. The molecule has 1 amide bonds. The summed E-state index contributed by atoms with van der Waals surface area (Å²) in [5, 5.41) is 28.5. The van der Waals surface area contributed by atoms with E-state index >= 15 is 0 Å². The molecule has 10 nitrogen and oxygen atoms in total. The summed E-state index contributed by atoms with van der Waals surface area (Å²) in [7, 11) is 0. The summed E-state index contributed by atoms with van der Waals surface area (Å²) >= 11 is 0. The molecule has 0 atom stereocenters. The molecular formula is C23H23N7O3. The lowest BCUT2D eigenvalue weighted by atomic mass is 9.76. The Morgan fingerprint density at radius 1 is 1.09 bits per heavy atom. The van der Waals surface area contributed by atoms with Crippen LogP contribution in [0, 0.1) is 0 Å². The van der Waals surface area contributed by atoms with Gasteiger partial charge in [-0.25, -0.2) is 14.5 Å². The maximum absolute atomic E-state index is 11.3. The number of aliphatic hydroxyl groups is 1. The topological polar surface area (TPSA) is 129 Å². The standard InChI is InChI=1S/C23H23N7O3/c31-15-23(6-11-29(12-7-23)22(32)33)19-13-16(5-8-25-19)30-18-4-2-1-3-17(18)21(28-30)27-20-14-24-9-10-26-20/h1-5,8-10,13-14,31H,6-7,11-12,15H2,(H,32,33)(H,26,27,28). The first-order valence-corrected chi connectivity index (χ1v) is 10.7. The van der Waals surface area contributed by atoms with Gasteiger partial charge >= 0.3 is 6.09 Å². The van der Waals surface area contributed by atoms with E-state index in [1.807, 2.05) is 41.1 Å². The molecular weight excluding hydrogens is 422 g/mol. The number of aliphatic hydroxyl groups excluding tert-OH is 1. The molecule has 5 rings (SSSR count). The van der Waals surface area contributed by atoms with Gasteiger partial charge in [0.2, 0.25) is 0 Å². The fourth-order valence-corrected chi connectivity index (χ4v) is 4.30. The van der Waals surface area contributed by atoms with Gasteiger partial charge in [-0.3, -0.25) is 9.97 Å². The smallest absolute Gasteiger partial charge is 0.407 e. The van der Waals surface area contributed by atoms with E-state index in [9.17, 15) is 15.0 Å². The number of nitrogens with zero attached hydrogens (tertiary/aromatic N) is 6. The molecule has 168 valence electrons. The number of piperidine rings is 1. The molecule has 3 N–H and O–H groups in total. The van der Waals surface area contributed by atoms with E-state index < -0.39 is 11.5 Å². The maximum atomic E-state index is 11.3. The monoisotopic (exact) mass is 445 g/mol. The fourth-order valence-electron chi connectivity index (χ4n) is 4.30. The summed E-state index contributed by atoms with van der Waals surface area (Å²) < 4.78 is 1.83. The number of anilines is 2. The molecule has 0 unspecified atom stereocenters. The molecule has 4 aromatic rings. The third kappa shape index (κ3) is 3.85. The van der Waals surface area contributed by atoms with Crippen molar-refractivity contribution in [1.29, 1.82) is 0 Å². The molecule has 1 saturated heterocycles. The van der Waals surface area contributed by atoms with Crippen molar-refractivity contribution in [3.63, 3.8) is 0 Å². The summed E-state index contributed by atoms with van der Waals surface area (Å²) in [4.78, 5) is 25.6. The van der Waals surface area contributed by atoms with Gasteiger partial charge in [0.25, 0.3) is 0 Å². The van der Waals surface area contributed by atoms with Crippen LogP contribution in [0.25, 0.3) is 16.6 Å². The Hall–Kier alpha value is -4.05. The van der Waals surface area contributed by atoms with Crippen LogP contribution in [0.1, 0.15) is 18.5 Å². The summed E-state index contributed by atoms with van der Waals surface area (Å²) in [6.45, 7) is 0.619. The first-order chi connectivity index (χ1) is 16.1. The first kappa shape index (κ1) is 20.8. The van der Waals surface area contributed by atoms with Crippen molar-refractivity contribution in [2.45, 2.75) is 18.3 Å². The van der Waals surface area contributed by atoms with E-state index in [4.69, 9.17) is 5.10 Å². The van der Waals surface area contributed by atoms with Crippen LogP contribution in [0.15, 0.2) is 61.2 Å². The lowest BCUT2D eigenvalue weighted by molar-refractivity contribution is 0.0876. The molecule has 1 aromatic carbocycles. The van der Waals surface area contributed by atoms with Crippen molar-refractivity contribution >= 4 is 28.6 Å². The molecule has 0 bridgehead atoms. The van der Waals surface area contributed by atoms with Crippen LogP contribution in [0.5, 0.6) is 0 Å². The van der Waals surface area contributed by atoms with Gasteiger partial charge < -0.3 is 20.4 Å². The number of fused-ring (bicyclic) bond motifs is 1. The second kappa shape index (κ2) is 8.47. The third-order valence-corrected chi connectivity index (χ3v) is 6.22. The van der Waals surface area contributed by atoms with E-state index in [1.54, 1.807) is 24.8 Å². The van der Waals surface area contributed by atoms with Gasteiger partial charge in [-0.2, -0.15) is 0 Å². The van der Waals surface area contributed by atoms with Crippen molar-refractivity contribution in [3.05, 3.63) is 66.9 Å². The maximum Gasteiger partial charge on any atom is 0.407 e. The molecule has 0 spiro atoms. The molecule has 1 aliphatic heterocycles. The van der Waals surface area contributed by atoms with Gasteiger partial charge in [0.15, 0.2) is 5.82 Å². The number of likely N-dealkylation sites (tertiary alicyclic amines) is 1. The zero-order valence-electron chi connectivity index (χ0n) is 17.8. The number of carboxylic acid groups (broad SMARTS) is 1. The number of para-hydroxylation sites is 1. The molecule has 1 aliphatic rings. The lowest BCUT2D eigenvalue weighted by Gasteiger charge is -2.39. The number of rotatable bonds is 5. The predicted molar refractivity (Wildman–Crippen MR) is 122 cm³/mol. The van der Waals surface area contributed by atoms with Crippen molar-refractivity contribution < 1.29 is 15.0 Å². The molecule has 0 saturated carbocycles. The summed E-state index contributed by atoms with van der Waals surface area (Å²) in [6, 6.07) is 11.7. The third-order valence-electron chi connectivity index (χ3n) is 6.22. The molecule has 0 aliphatic carbocycles. The number of benzene rings is 1. The molecule has 10 heteroatoms. The van der Waals surface area contributed by atoms with Crippen LogP contribution in [-0.2, 0) is 5.41 Å². The molecule has 33 heavy (non-hydrogen) atoms. The number of pyridine rings is 1. The average Bonchev–Trinajstić information content (AvgIpc) is 3.23. The Morgan fingerprint density at radius 3 is 2.64 bits per heavy atom. The largest absolute Gasteiger partial charge is 0.465 e. The van der Waals surface area contributed by atoms with Gasteiger partial charge in [0.05, 0.1) is 29.7 Å². The van der Waals surface area contributed by atoms with Gasteiger partial charge in [0.1, 0.15) is 5.82 Å². The Kier molecular flexibility index (Phi) is 5.35. The highest BCUT2D eigenvalue weighted by molar-refractivity contribution is 5.92. The van der Waals surface area contributed by atoms with Gasteiger partial charge in [-0.15, -0.1) is 5.10 Å². The highest BCUT2D eigenvalue weighted by atomic mass is 16.4. The zero-order valence-corrected chi connectivity index (χ0v) is 17.8. The first-order valence-electron chi connectivity index (χ1n) is 10.7. The minimum atomic E-state index is -0.936. The minimum absolute atomic E-state index is 0.101. The van der Waals surface area contributed by atoms with Crippen LogP contribution < -0.4 is 5.32 Å². The van der Waals surface area contributed by atoms with E-state index in [2.05, 4.69) is 20.3 Å². The number of hydrogen-bond acceptors (Lipinski definition) is 7. The average molecular weight is 445 g/mol. The van der Waals surface area contributed by atoms with Crippen LogP contribution in [0.2, 0.25) is 0 Å². The Labute approximate surface area is 189 Å². The quantitative estimate of drug-likeness (QED) is 0.428. The Balaban J connectivity index is 1.52. The zero-order chi connectivity index (χ0) is 22.8. The molecule has 4 heterocycles. The highest BCUT2D eigenvalue weighted by Gasteiger charge is 2.38. The minimum Gasteiger partial charge on any atom is -0.465 e.